The van der Waals surface area contributed by atoms with Crippen molar-refractivity contribution in [1.82, 2.24) is 15.0 Å². The first-order valence-corrected chi connectivity index (χ1v) is 14.3. The summed E-state index contributed by atoms with van der Waals surface area (Å²) in [5.74, 6) is 0. The van der Waals surface area contributed by atoms with Crippen molar-refractivity contribution in [3.8, 4) is 22.5 Å². The van der Waals surface area contributed by atoms with Gasteiger partial charge >= 0.3 is 0 Å². The van der Waals surface area contributed by atoms with E-state index in [1.54, 1.807) is 6.20 Å². The normalized spacial score (nSPS) is 12.4. The third kappa shape index (κ3) is 6.36. The molecule has 0 fully saturated rings. The summed E-state index contributed by atoms with van der Waals surface area (Å²) >= 11 is 1.48. The zero-order chi connectivity index (χ0) is 30.4. The molecule has 7 rings (SSSR count). The zero-order valence-electron chi connectivity index (χ0n) is 26.1. The van der Waals surface area contributed by atoms with E-state index in [-0.39, 0.29) is 20.1 Å². The van der Waals surface area contributed by atoms with Crippen molar-refractivity contribution in [2.24, 2.45) is 5.41 Å². The first-order chi connectivity index (χ1) is 20.5. The Morgan fingerprint density at radius 3 is 2.50 bits per heavy atom. The van der Waals surface area contributed by atoms with Crippen molar-refractivity contribution in [2.45, 2.75) is 41.0 Å². The zero-order valence-corrected chi connectivity index (χ0v) is 27.3. The predicted molar refractivity (Wildman–Crippen MR) is 170 cm³/mol. The van der Waals surface area contributed by atoms with Crippen LogP contribution in [0.1, 0.15) is 39.6 Å². The summed E-state index contributed by atoms with van der Waals surface area (Å²) in [5, 5.41) is 2.86. The van der Waals surface area contributed by atoms with E-state index < -0.39 is 11.8 Å². The van der Waals surface area contributed by atoms with Crippen LogP contribution in [0, 0.1) is 31.4 Å². The van der Waals surface area contributed by atoms with Crippen LogP contribution in [0.5, 0.6) is 0 Å². The molecule has 0 atom stereocenters. The summed E-state index contributed by atoms with van der Waals surface area (Å²) in [6.45, 7) is 9.75. The van der Waals surface area contributed by atoms with E-state index in [2.05, 4.69) is 33.2 Å². The minimum Gasteiger partial charge on any atom is -0.486 e. The third-order valence-electron chi connectivity index (χ3n) is 6.51. The average molecular weight is 748 g/mol. The maximum Gasteiger partial charge on any atom is 0.216 e. The second-order valence-electron chi connectivity index (χ2n) is 11.1. The fraction of sp³-hybridized carbons (Fsp3) is 0.194. The maximum absolute atomic E-state index is 8.67. The summed E-state index contributed by atoms with van der Waals surface area (Å²) < 4.78 is 24.5. The number of benzene rings is 2. The minimum atomic E-state index is -1.45. The minimum absolute atomic E-state index is 0. The van der Waals surface area contributed by atoms with Crippen LogP contribution in [-0.2, 0) is 26.5 Å². The van der Waals surface area contributed by atoms with Gasteiger partial charge < -0.3 is 14.4 Å². The molecule has 2 aromatic carbocycles. The molecule has 0 amide bonds. The van der Waals surface area contributed by atoms with E-state index >= 15 is 0 Å². The molecule has 0 N–H and O–H groups in total. The van der Waals surface area contributed by atoms with Gasteiger partial charge in [-0.3, -0.25) is 0 Å². The number of furan rings is 1. The first kappa shape index (κ1) is 27.2. The summed E-state index contributed by atoms with van der Waals surface area (Å²) in [4.78, 5) is 14.2. The van der Waals surface area contributed by atoms with Crippen LogP contribution < -0.4 is 0 Å². The van der Waals surface area contributed by atoms with Crippen molar-refractivity contribution in [2.75, 3.05) is 0 Å². The number of nitrogens with zero attached hydrogens (tertiary/aromatic N) is 3. The molecule has 0 bridgehead atoms. The molecule has 0 saturated heterocycles. The van der Waals surface area contributed by atoms with E-state index in [9.17, 15) is 0 Å². The molecular weight excluding hydrogens is 715 g/mol. The number of aryl methyl sites for hydroxylation is 2. The van der Waals surface area contributed by atoms with Gasteiger partial charge in [0, 0.05) is 61.6 Å². The van der Waals surface area contributed by atoms with E-state index in [0.717, 1.165) is 49.1 Å². The van der Waals surface area contributed by atoms with Crippen LogP contribution in [0.4, 0.5) is 0 Å². The van der Waals surface area contributed by atoms with E-state index in [1.807, 2.05) is 108 Å². The van der Waals surface area contributed by atoms with Crippen molar-refractivity contribution in [3.63, 3.8) is 0 Å². The van der Waals surface area contributed by atoms with E-state index in [4.69, 9.17) is 7.16 Å². The van der Waals surface area contributed by atoms with Crippen LogP contribution in [0.15, 0.2) is 89.6 Å². The van der Waals surface area contributed by atoms with Crippen molar-refractivity contribution >= 4 is 43.5 Å². The third-order valence-corrected chi connectivity index (χ3v) is 7.53. The average Bonchev–Trinajstić information content (AvgIpc) is 3.60. The quantitative estimate of drug-likeness (QED) is 0.169. The summed E-state index contributed by atoms with van der Waals surface area (Å²) in [5.41, 5.74) is 6.42. The van der Waals surface area contributed by atoms with Crippen LogP contribution in [0.2, 0.25) is 0 Å². The van der Waals surface area contributed by atoms with Gasteiger partial charge in [0.1, 0.15) is 0 Å². The fourth-order valence-corrected chi connectivity index (χ4v) is 5.83. The molecule has 5 aromatic heterocycles. The number of rotatable bonds is 3. The molecule has 0 aliphatic heterocycles. The van der Waals surface area contributed by atoms with Gasteiger partial charge in [0.15, 0.2) is 0 Å². The number of hydrogen-bond acceptors (Lipinski definition) is 5. The Bertz CT molecular complexity index is 2060. The van der Waals surface area contributed by atoms with Gasteiger partial charge in [0.25, 0.3) is 0 Å². The predicted octanol–water partition coefficient (Wildman–Crippen LogP) is 9.81. The maximum atomic E-state index is 8.67. The molecule has 0 spiro atoms. The molecule has 6 heteroatoms. The first-order valence-electron chi connectivity index (χ1n) is 14.5. The SMILES string of the molecule is Cc1ccc(-c2[c-]cccc2)nc1.[2H]C([2H])(c1cc2c(-c3[c-]ccc4c3oc3nc(C)ccc34)nccc2s1)C(C)(C)C.[Ir]. The van der Waals surface area contributed by atoms with Gasteiger partial charge in [-0.25, -0.2) is 4.98 Å². The Labute approximate surface area is 267 Å². The number of hydrogen-bond donors (Lipinski definition) is 0. The second-order valence-corrected chi connectivity index (χ2v) is 12.1. The fourth-order valence-electron chi connectivity index (χ4n) is 4.66. The molecule has 0 aliphatic carbocycles. The Hall–Kier alpha value is -3.70. The Morgan fingerprint density at radius 1 is 0.905 bits per heavy atom. The Morgan fingerprint density at radius 2 is 1.76 bits per heavy atom. The van der Waals surface area contributed by atoms with Gasteiger partial charge in [0.2, 0.25) is 5.71 Å². The van der Waals surface area contributed by atoms with Crippen molar-refractivity contribution in [3.05, 3.63) is 113 Å². The smallest absolute Gasteiger partial charge is 0.216 e. The van der Waals surface area contributed by atoms with Gasteiger partial charge in [-0.15, -0.1) is 65.4 Å². The molecule has 0 unspecified atom stereocenters. The molecule has 213 valence electrons. The molecule has 0 saturated carbocycles. The van der Waals surface area contributed by atoms with Gasteiger partial charge in [-0.05, 0) is 66.5 Å². The number of fused-ring (bicyclic) bond motifs is 4. The summed E-state index contributed by atoms with van der Waals surface area (Å²) in [6, 6.07) is 30.1. The monoisotopic (exact) mass is 748 g/mol. The molecular formula is C36H31IrN3OS-2. The van der Waals surface area contributed by atoms with Crippen LogP contribution in [0.3, 0.4) is 0 Å². The van der Waals surface area contributed by atoms with Crippen LogP contribution in [0.25, 0.3) is 54.7 Å². The van der Waals surface area contributed by atoms with Crippen molar-refractivity contribution in [1.29, 1.82) is 0 Å². The Kier molecular flexibility index (Phi) is 7.93. The molecule has 0 aliphatic rings. The van der Waals surface area contributed by atoms with Crippen LogP contribution >= 0.6 is 11.3 Å². The molecule has 7 aromatic rings. The molecule has 42 heavy (non-hydrogen) atoms. The number of thiophene rings is 1. The molecule has 1 radical (unpaired) electrons. The van der Waals surface area contributed by atoms with Gasteiger partial charge in [0.05, 0.1) is 5.58 Å². The number of aromatic nitrogens is 3. The Balaban J connectivity index is 0.000000230. The van der Waals surface area contributed by atoms with E-state index in [1.165, 1.54) is 16.9 Å². The summed E-state index contributed by atoms with van der Waals surface area (Å²) in [7, 11) is 0. The molecule has 5 heterocycles. The van der Waals surface area contributed by atoms with E-state index in [0.29, 0.717) is 16.2 Å². The summed E-state index contributed by atoms with van der Waals surface area (Å²) in [6.07, 6.45) is 2.18. The van der Waals surface area contributed by atoms with Crippen molar-refractivity contribution < 1.29 is 27.3 Å². The number of pyridine rings is 3. The largest absolute Gasteiger partial charge is 0.486 e. The topological polar surface area (TPSA) is 51.8 Å². The van der Waals surface area contributed by atoms with Gasteiger partial charge in [-0.2, -0.15) is 0 Å². The molecule has 4 nitrogen and oxygen atoms in total. The standard InChI is InChI=1S/C24H21N2OS.C12H10N.Ir/c1-14-8-9-17-16-6-5-7-18(22(16)27-23(17)26-14)21-19-12-15(13-24(2,3)4)28-20(19)10-11-25-21;1-10-7-8-12(13-9-10)11-5-3-2-4-6-11;/h5-6,8-12H,13H2,1-4H3;2-5,7-9H,1H3;/q2*-1;/i13D2;;. The van der Waals surface area contributed by atoms with Crippen LogP contribution in [-0.4, -0.2) is 15.0 Å². The van der Waals surface area contributed by atoms with Gasteiger partial charge in [-0.1, -0.05) is 43.9 Å². The second kappa shape index (κ2) is 12.3.